The number of urea groups is 1. The Kier molecular flexibility index (Phi) is 6.19. The molecule has 0 saturated carbocycles. The van der Waals surface area contributed by atoms with Crippen molar-refractivity contribution in [1.29, 1.82) is 0 Å². The first-order chi connectivity index (χ1) is 8.22. The van der Waals surface area contributed by atoms with E-state index in [1.54, 1.807) is 19.2 Å². The van der Waals surface area contributed by atoms with E-state index >= 15 is 0 Å². The second kappa shape index (κ2) is 7.75. The van der Waals surface area contributed by atoms with Gasteiger partial charge in [0.15, 0.2) is 0 Å². The van der Waals surface area contributed by atoms with E-state index in [2.05, 4.69) is 20.3 Å². The average molecular weight is 256 g/mol. The molecule has 0 bridgehead atoms. The molecule has 6 nitrogen and oxygen atoms in total. The first-order valence-corrected chi connectivity index (χ1v) is 6.15. The molecule has 0 saturated heterocycles. The summed E-state index contributed by atoms with van der Waals surface area (Å²) >= 11 is 1.34. The lowest BCUT2D eigenvalue weighted by Crippen LogP contribution is -2.29. The molecule has 2 amide bonds. The number of nitrogens with one attached hydrogen (secondary N) is 3. The Bertz CT molecular complexity index is 345. The van der Waals surface area contributed by atoms with Crippen LogP contribution in [0.15, 0.2) is 18.3 Å². The van der Waals surface area contributed by atoms with Crippen LogP contribution in [0.1, 0.15) is 5.69 Å². The highest BCUT2D eigenvalue weighted by molar-refractivity contribution is 7.97. The van der Waals surface area contributed by atoms with Crippen LogP contribution in [0, 0.1) is 0 Å². The van der Waals surface area contributed by atoms with Gasteiger partial charge < -0.3 is 15.7 Å². The molecule has 1 aromatic rings. The van der Waals surface area contributed by atoms with Crippen LogP contribution in [0.5, 0.6) is 5.75 Å². The molecule has 1 aromatic heterocycles. The van der Waals surface area contributed by atoms with Crippen LogP contribution < -0.4 is 15.4 Å². The largest absolute Gasteiger partial charge is 0.506 e. The number of amides is 2. The van der Waals surface area contributed by atoms with Crippen LogP contribution in [-0.2, 0) is 6.54 Å². The second-order valence-electron chi connectivity index (χ2n) is 3.21. The highest BCUT2D eigenvalue weighted by Crippen LogP contribution is 2.05. The van der Waals surface area contributed by atoms with E-state index in [1.807, 2.05) is 0 Å². The predicted molar refractivity (Wildman–Crippen MR) is 67.7 cm³/mol. The second-order valence-corrected chi connectivity index (χ2v) is 4.12. The summed E-state index contributed by atoms with van der Waals surface area (Å²) < 4.78 is 2.62. The van der Waals surface area contributed by atoms with E-state index < -0.39 is 0 Å². The fourth-order valence-corrected chi connectivity index (χ4v) is 1.61. The first kappa shape index (κ1) is 13.6. The maximum atomic E-state index is 10.8. The fourth-order valence-electron chi connectivity index (χ4n) is 1.03. The molecule has 0 radical (unpaired) electrons. The molecule has 0 aliphatic rings. The van der Waals surface area contributed by atoms with Gasteiger partial charge in [0.2, 0.25) is 0 Å². The molecule has 1 rings (SSSR count). The molecular formula is C10H16N4O2S. The number of hydrogen-bond acceptors (Lipinski definition) is 5. The van der Waals surface area contributed by atoms with E-state index in [9.17, 15) is 4.79 Å². The number of pyridine rings is 1. The third-order valence-electron chi connectivity index (χ3n) is 1.89. The van der Waals surface area contributed by atoms with Gasteiger partial charge in [0.1, 0.15) is 5.75 Å². The molecule has 0 unspecified atom stereocenters. The summed E-state index contributed by atoms with van der Waals surface area (Å²) in [6, 6.07) is 3.17. The summed E-state index contributed by atoms with van der Waals surface area (Å²) in [6.45, 7) is 1.40. The van der Waals surface area contributed by atoms with Crippen molar-refractivity contribution in [3.05, 3.63) is 24.0 Å². The SMILES string of the molecule is CNC(=O)NSCCNCc1ccc(O)cn1. The lowest BCUT2D eigenvalue weighted by Gasteiger charge is -2.05. The average Bonchev–Trinajstić information content (AvgIpc) is 2.35. The molecule has 0 atom stereocenters. The smallest absolute Gasteiger partial charge is 0.324 e. The summed E-state index contributed by atoms with van der Waals surface area (Å²) in [7, 11) is 1.57. The highest BCUT2D eigenvalue weighted by Gasteiger charge is 1.96. The van der Waals surface area contributed by atoms with E-state index in [4.69, 9.17) is 5.11 Å². The summed E-state index contributed by atoms with van der Waals surface area (Å²) in [5, 5.41) is 14.7. The number of carbonyl (C=O) groups is 1. The van der Waals surface area contributed by atoms with Crippen molar-refractivity contribution in [2.24, 2.45) is 0 Å². The van der Waals surface area contributed by atoms with Crippen LogP contribution in [0.2, 0.25) is 0 Å². The van der Waals surface area contributed by atoms with E-state index in [-0.39, 0.29) is 11.8 Å². The van der Waals surface area contributed by atoms with Gasteiger partial charge >= 0.3 is 6.03 Å². The Morgan fingerprint density at radius 1 is 1.53 bits per heavy atom. The maximum absolute atomic E-state index is 10.8. The minimum atomic E-state index is -0.199. The number of aromatic hydroxyl groups is 1. The maximum Gasteiger partial charge on any atom is 0.324 e. The quantitative estimate of drug-likeness (QED) is 0.439. The van der Waals surface area contributed by atoms with Gasteiger partial charge in [0.05, 0.1) is 11.9 Å². The Balaban J connectivity index is 2.04. The van der Waals surface area contributed by atoms with Crippen LogP contribution in [0.3, 0.4) is 0 Å². The van der Waals surface area contributed by atoms with Gasteiger partial charge in [0.25, 0.3) is 0 Å². The van der Waals surface area contributed by atoms with Crippen LogP contribution in [-0.4, -0.2) is 35.5 Å². The van der Waals surface area contributed by atoms with Crippen molar-refractivity contribution >= 4 is 18.0 Å². The number of aromatic nitrogens is 1. The lowest BCUT2D eigenvalue weighted by molar-refractivity contribution is 0.248. The van der Waals surface area contributed by atoms with E-state index in [0.29, 0.717) is 6.54 Å². The number of rotatable bonds is 6. The van der Waals surface area contributed by atoms with E-state index in [1.165, 1.54) is 18.1 Å². The summed E-state index contributed by atoms with van der Waals surface area (Å²) in [6.07, 6.45) is 1.42. The van der Waals surface area contributed by atoms with Crippen LogP contribution in [0.25, 0.3) is 0 Å². The zero-order valence-corrected chi connectivity index (χ0v) is 10.4. The van der Waals surface area contributed by atoms with Gasteiger partial charge in [-0.05, 0) is 24.1 Å². The van der Waals surface area contributed by atoms with Gasteiger partial charge in [-0.3, -0.25) is 9.71 Å². The van der Waals surface area contributed by atoms with Gasteiger partial charge in [-0.15, -0.1) is 0 Å². The van der Waals surface area contributed by atoms with Crippen molar-refractivity contribution in [3.63, 3.8) is 0 Å². The zero-order chi connectivity index (χ0) is 12.5. The summed E-state index contributed by atoms with van der Waals surface area (Å²) in [4.78, 5) is 14.8. The monoisotopic (exact) mass is 256 g/mol. The Hall–Kier alpha value is -1.47. The first-order valence-electron chi connectivity index (χ1n) is 5.16. The standard InChI is InChI=1S/C10H16N4O2S/c1-11-10(16)14-17-5-4-12-6-8-2-3-9(15)7-13-8/h2-3,7,12,15H,4-6H2,1H3,(H2,11,14,16). The third kappa shape index (κ3) is 5.98. The molecule has 7 heteroatoms. The van der Waals surface area contributed by atoms with Crippen LogP contribution in [0.4, 0.5) is 4.79 Å². The van der Waals surface area contributed by atoms with Crippen molar-refractivity contribution in [2.75, 3.05) is 19.3 Å². The summed E-state index contributed by atoms with van der Waals surface area (Å²) in [5.41, 5.74) is 0.868. The molecule has 0 aliphatic heterocycles. The highest BCUT2D eigenvalue weighted by atomic mass is 32.2. The van der Waals surface area contributed by atoms with Crippen molar-refractivity contribution in [2.45, 2.75) is 6.54 Å². The Morgan fingerprint density at radius 2 is 2.35 bits per heavy atom. The molecule has 94 valence electrons. The molecular weight excluding hydrogens is 240 g/mol. The molecule has 17 heavy (non-hydrogen) atoms. The molecule has 4 N–H and O–H groups in total. The van der Waals surface area contributed by atoms with Gasteiger partial charge in [0, 0.05) is 25.9 Å². The van der Waals surface area contributed by atoms with Crippen molar-refractivity contribution in [3.8, 4) is 5.75 Å². The number of nitrogens with zero attached hydrogens (tertiary/aromatic N) is 1. The Morgan fingerprint density at radius 3 is 3.00 bits per heavy atom. The normalized spacial score (nSPS) is 9.94. The van der Waals surface area contributed by atoms with E-state index in [0.717, 1.165) is 18.0 Å². The van der Waals surface area contributed by atoms with Gasteiger partial charge in [-0.25, -0.2) is 4.79 Å². The molecule has 1 heterocycles. The number of hydrogen-bond donors (Lipinski definition) is 4. The van der Waals surface area contributed by atoms with Crippen LogP contribution >= 0.6 is 11.9 Å². The zero-order valence-electron chi connectivity index (χ0n) is 9.56. The van der Waals surface area contributed by atoms with Crippen molar-refractivity contribution < 1.29 is 9.90 Å². The third-order valence-corrected chi connectivity index (χ3v) is 2.63. The molecule has 0 spiro atoms. The van der Waals surface area contributed by atoms with Gasteiger partial charge in [-0.1, -0.05) is 0 Å². The van der Waals surface area contributed by atoms with Crippen molar-refractivity contribution in [1.82, 2.24) is 20.3 Å². The Labute approximate surface area is 104 Å². The lowest BCUT2D eigenvalue weighted by atomic mass is 10.3. The molecule has 0 fully saturated rings. The molecule has 0 aliphatic carbocycles. The minimum absolute atomic E-state index is 0.166. The number of carbonyl (C=O) groups excluding carboxylic acids is 1. The topological polar surface area (TPSA) is 86.3 Å². The summed E-state index contributed by atoms with van der Waals surface area (Å²) in [5.74, 6) is 0.935. The predicted octanol–water partition coefficient (Wildman–Crippen LogP) is 0.454. The van der Waals surface area contributed by atoms with Gasteiger partial charge in [-0.2, -0.15) is 0 Å². The fraction of sp³-hybridized carbons (Fsp3) is 0.400. The minimum Gasteiger partial charge on any atom is -0.506 e. The molecule has 0 aromatic carbocycles.